The fourth-order valence-electron chi connectivity index (χ4n) is 2.22. The molecule has 3 rings (SSSR count). The van der Waals surface area contributed by atoms with Crippen LogP contribution in [0.1, 0.15) is 10.4 Å². The predicted octanol–water partition coefficient (Wildman–Crippen LogP) is 2.31. The van der Waals surface area contributed by atoms with Crippen LogP contribution in [-0.4, -0.2) is 19.1 Å². The van der Waals surface area contributed by atoms with E-state index in [2.05, 4.69) is 0 Å². The van der Waals surface area contributed by atoms with Crippen molar-refractivity contribution in [1.82, 2.24) is 0 Å². The van der Waals surface area contributed by atoms with Gasteiger partial charge >= 0.3 is 0 Å². The van der Waals surface area contributed by atoms with Crippen LogP contribution in [0.5, 0.6) is 5.75 Å². The van der Waals surface area contributed by atoms with Gasteiger partial charge in [0.15, 0.2) is 5.75 Å². The van der Waals surface area contributed by atoms with Crippen molar-refractivity contribution in [3.8, 4) is 5.75 Å². The minimum absolute atomic E-state index is 0.0317. The number of carbonyl (C=O) groups excluding carboxylic acids is 1. The van der Waals surface area contributed by atoms with Gasteiger partial charge in [0.25, 0.3) is 5.91 Å². The molecule has 0 unspecified atom stereocenters. The number of nitrogens with zero attached hydrogens (tertiary/aromatic N) is 1. The Bertz CT molecular complexity index is 611. The molecule has 0 fully saturated rings. The second-order valence-electron chi connectivity index (χ2n) is 4.37. The van der Waals surface area contributed by atoms with Crippen LogP contribution in [-0.2, 0) is 0 Å². The Morgan fingerprint density at radius 1 is 1.11 bits per heavy atom. The van der Waals surface area contributed by atoms with E-state index in [4.69, 9.17) is 10.5 Å². The first-order valence-electron chi connectivity index (χ1n) is 6.15. The summed E-state index contributed by atoms with van der Waals surface area (Å²) in [5.74, 6) is 0.564. The number of anilines is 2. The molecule has 0 spiro atoms. The number of para-hydroxylation sites is 1. The highest BCUT2D eigenvalue weighted by atomic mass is 16.5. The minimum Gasteiger partial charge on any atom is -0.487 e. The Balaban J connectivity index is 2.01. The summed E-state index contributed by atoms with van der Waals surface area (Å²) in [5, 5.41) is 0. The largest absolute Gasteiger partial charge is 0.487 e. The van der Waals surface area contributed by atoms with Gasteiger partial charge in [-0.15, -0.1) is 0 Å². The van der Waals surface area contributed by atoms with Crippen molar-refractivity contribution in [3.05, 3.63) is 54.1 Å². The molecule has 0 aliphatic carbocycles. The zero-order valence-electron chi connectivity index (χ0n) is 10.4. The fraction of sp³-hybridized carbons (Fsp3) is 0.133. The maximum atomic E-state index is 12.5. The summed E-state index contributed by atoms with van der Waals surface area (Å²) in [6.07, 6.45) is 0. The first kappa shape index (κ1) is 11.6. The summed E-state index contributed by atoms with van der Waals surface area (Å²) in [6, 6.07) is 14.7. The van der Waals surface area contributed by atoms with E-state index in [9.17, 15) is 4.79 Å². The molecule has 0 radical (unpaired) electrons. The molecule has 2 aromatic carbocycles. The number of fused-ring (bicyclic) bond motifs is 1. The van der Waals surface area contributed by atoms with Crippen molar-refractivity contribution in [1.29, 1.82) is 0 Å². The van der Waals surface area contributed by atoms with Crippen LogP contribution in [0.2, 0.25) is 0 Å². The fourth-order valence-corrected chi connectivity index (χ4v) is 2.22. The molecule has 1 heterocycles. The van der Waals surface area contributed by atoms with E-state index in [-0.39, 0.29) is 5.91 Å². The minimum atomic E-state index is -0.0317. The smallest absolute Gasteiger partial charge is 0.258 e. The lowest BCUT2D eigenvalue weighted by Gasteiger charge is -2.30. The molecular weight excluding hydrogens is 240 g/mol. The Morgan fingerprint density at radius 2 is 1.89 bits per heavy atom. The number of benzene rings is 2. The summed E-state index contributed by atoms with van der Waals surface area (Å²) in [6.45, 7) is 0.990. The standard InChI is InChI=1S/C15H14N2O2/c16-12-7-4-8-13-14(12)19-10-9-17(13)15(18)11-5-2-1-3-6-11/h1-8H,9-10,16H2. The lowest BCUT2D eigenvalue weighted by atomic mass is 10.1. The van der Waals surface area contributed by atoms with E-state index < -0.39 is 0 Å². The van der Waals surface area contributed by atoms with Gasteiger partial charge in [0.05, 0.1) is 17.9 Å². The van der Waals surface area contributed by atoms with E-state index in [0.29, 0.717) is 30.2 Å². The van der Waals surface area contributed by atoms with E-state index in [1.165, 1.54) is 0 Å². The molecule has 4 nitrogen and oxygen atoms in total. The Labute approximate surface area is 111 Å². The maximum absolute atomic E-state index is 12.5. The normalized spacial score (nSPS) is 13.6. The second-order valence-corrected chi connectivity index (χ2v) is 4.37. The first-order chi connectivity index (χ1) is 9.27. The molecule has 0 saturated heterocycles. The van der Waals surface area contributed by atoms with Crippen LogP contribution >= 0.6 is 0 Å². The summed E-state index contributed by atoms with van der Waals surface area (Å²) in [7, 11) is 0. The average Bonchev–Trinajstić information content (AvgIpc) is 2.47. The highest BCUT2D eigenvalue weighted by Gasteiger charge is 2.25. The lowest BCUT2D eigenvalue weighted by Crippen LogP contribution is -2.38. The van der Waals surface area contributed by atoms with Crippen LogP contribution < -0.4 is 15.4 Å². The molecule has 1 amide bonds. The van der Waals surface area contributed by atoms with E-state index in [1.807, 2.05) is 42.5 Å². The van der Waals surface area contributed by atoms with Gasteiger partial charge in [-0.2, -0.15) is 0 Å². The first-order valence-corrected chi connectivity index (χ1v) is 6.15. The molecule has 1 aliphatic rings. The summed E-state index contributed by atoms with van der Waals surface area (Å²) < 4.78 is 5.55. The number of rotatable bonds is 1. The third-order valence-electron chi connectivity index (χ3n) is 3.14. The molecule has 2 aromatic rings. The Kier molecular flexibility index (Phi) is 2.83. The summed E-state index contributed by atoms with van der Waals surface area (Å²) >= 11 is 0. The average molecular weight is 254 g/mol. The molecule has 1 aliphatic heterocycles. The summed E-state index contributed by atoms with van der Waals surface area (Å²) in [5.41, 5.74) is 7.84. The van der Waals surface area contributed by atoms with E-state index >= 15 is 0 Å². The molecule has 4 heteroatoms. The highest BCUT2D eigenvalue weighted by Crippen LogP contribution is 2.37. The van der Waals surface area contributed by atoms with Crippen LogP contribution in [0, 0.1) is 0 Å². The van der Waals surface area contributed by atoms with Gasteiger partial charge in [-0.25, -0.2) is 0 Å². The third-order valence-corrected chi connectivity index (χ3v) is 3.14. The molecule has 0 saturated carbocycles. The lowest BCUT2D eigenvalue weighted by molar-refractivity contribution is 0.0977. The van der Waals surface area contributed by atoms with E-state index in [1.54, 1.807) is 11.0 Å². The van der Waals surface area contributed by atoms with Crippen LogP contribution in [0.25, 0.3) is 0 Å². The van der Waals surface area contributed by atoms with Gasteiger partial charge in [-0.1, -0.05) is 24.3 Å². The van der Waals surface area contributed by atoms with Crippen molar-refractivity contribution < 1.29 is 9.53 Å². The molecule has 96 valence electrons. The third kappa shape index (κ3) is 2.01. The zero-order valence-corrected chi connectivity index (χ0v) is 10.4. The maximum Gasteiger partial charge on any atom is 0.258 e. The number of ether oxygens (including phenoxy) is 1. The zero-order chi connectivity index (χ0) is 13.2. The molecule has 2 N–H and O–H groups in total. The van der Waals surface area contributed by atoms with Gasteiger partial charge in [0.1, 0.15) is 6.61 Å². The van der Waals surface area contributed by atoms with Crippen LogP contribution in [0.3, 0.4) is 0 Å². The van der Waals surface area contributed by atoms with Gasteiger partial charge in [0.2, 0.25) is 0 Å². The summed E-state index contributed by atoms with van der Waals surface area (Å²) in [4.78, 5) is 14.2. The number of hydrogen-bond acceptors (Lipinski definition) is 3. The van der Waals surface area contributed by atoms with Gasteiger partial charge in [-0.3, -0.25) is 4.79 Å². The molecule has 0 bridgehead atoms. The van der Waals surface area contributed by atoms with Crippen molar-refractivity contribution >= 4 is 17.3 Å². The number of amides is 1. The van der Waals surface area contributed by atoms with Crippen LogP contribution in [0.4, 0.5) is 11.4 Å². The number of carbonyl (C=O) groups is 1. The van der Waals surface area contributed by atoms with Gasteiger partial charge in [-0.05, 0) is 24.3 Å². The van der Waals surface area contributed by atoms with Crippen molar-refractivity contribution in [2.24, 2.45) is 0 Å². The predicted molar refractivity (Wildman–Crippen MR) is 74.5 cm³/mol. The Hall–Kier alpha value is -2.49. The molecule has 0 atom stereocenters. The molecule has 19 heavy (non-hydrogen) atoms. The van der Waals surface area contributed by atoms with Gasteiger partial charge in [0, 0.05) is 5.56 Å². The Morgan fingerprint density at radius 3 is 2.68 bits per heavy atom. The van der Waals surface area contributed by atoms with E-state index in [0.717, 1.165) is 5.69 Å². The van der Waals surface area contributed by atoms with Crippen molar-refractivity contribution in [3.63, 3.8) is 0 Å². The van der Waals surface area contributed by atoms with Crippen molar-refractivity contribution in [2.45, 2.75) is 0 Å². The quantitative estimate of drug-likeness (QED) is 0.794. The monoisotopic (exact) mass is 254 g/mol. The topological polar surface area (TPSA) is 55.6 Å². The second kappa shape index (κ2) is 4.65. The SMILES string of the molecule is Nc1cccc2c1OCCN2C(=O)c1ccccc1. The van der Waals surface area contributed by atoms with Crippen molar-refractivity contribution in [2.75, 3.05) is 23.8 Å². The number of hydrogen-bond donors (Lipinski definition) is 1. The number of nitrogens with two attached hydrogens (primary N) is 1. The highest BCUT2D eigenvalue weighted by molar-refractivity contribution is 6.07. The molecule has 0 aromatic heterocycles. The number of nitrogen functional groups attached to an aromatic ring is 1. The van der Waals surface area contributed by atoms with Crippen LogP contribution in [0.15, 0.2) is 48.5 Å². The van der Waals surface area contributed by atoms with Gasteiger partial charge < -0.3 is 15.4 Å². The molecular formula is C15H14N2O2.